The number of nitrogens with one attached hydrogen (secondary N) is 2. The van der Waals surface area contributed by atoms with Crippen LogP contribution in [0.3, 0.4) is 0 Å². The number of carbonyl (C=O) groups is 1. The van der Waals surface area contributed by atoms with Crippen LogP contribution in [0.5, 0.6) is 0 Å². The first kappa shape index (κ1) is 14.1. The molecule has 1 aliphatic heterocycles. The molecule has 20 heavy (non-hydrogen) atoms. The van der Waals surface area contributed by atoms with E-state index in [9.17, 15) is 4.79 Å². The van der Waals surface area contributed by atoms with Crippen LogP contribution in [0.2, 0.25) is 0 Å². The van der Waals surface area contributed by atoms with Gasteiger partial charge in [-0.25, -0.2) is 4.98 Å². The van der Waals surface area contributed by atoms with Gasteiger partial charge in [-0.05, 0) is 31.2 Å². The highest BCUT2D eigenvalue weighted by molar-refractivity contribution is 5.75. The van der Waals surface area contributed by atoms with Crippen LogP contribution in [-0.4, -0.2) is 30.0 Å². The standard InChI is InChI=1S/C13H14N4O.CH5N/c18-9-16-11-2-1-10-3-4-17(13(10)5-11)7-12-6-14-8-15-12;1-2/h1-2,5-6,8-9H,3-4,7H2,(H,14,15)(H,16,18);2H2,1H3. The Labute approximate surface area is 118 Å². The van der Waals surface area contributed by atoms with Crippen LogP contribution in [0.25, 0.3) is 0 Å². The topological polar surface area (TPSA) is 87.0 Å². The highest BCUT2D eigenvalue weighted by atomic mass is 16.1. The molecule has 0 spiro atoms. The van der Waals surface area contributed by atoms with Gasteiger partial charge in [0.15, 0.2) is 0 Å². The zero-order valence-electron chi connectivity index (χ0n) is 11.5. The fourth-order valence-electron chi connectivity index (χ4n) is 2.34. The third-order valence-corrected chi connectivity index (χ3v) is 3.22. The smallest absolute Gasteiger partial charge is 0.211 e. The minimum atomic E-state index is 0.704. The van der Waals surface area contributed by atoms with Crippen molar-refractivity contribution < 1.29 is 4.79 Å². The van der Waals surface area contributed by atoms with E-state index in [1.165, 1.54) is 18.3 Å². The lowest BCUT2D eigenvalue weighted by Crippen LogP contribution is -2.19. The molecule has 0 saturated carbocycles. The zero-order chi connectivity index (χ0) is 14.4. The number of carbonyl (C=O) groups excluding carboxylic acids is 1. The summed E-state index contributed by atoms with van der Waals surface area (Å²) in [7, 11) is 1.50. The molecular weight excluding hydrogens is 254 g/mol. The number of benzene rings is 1. The van der Waals surface area contributed by atoms with Gasteiger partial charge in [-0.15, -0.1) is 0 Å². The number of aromatic amines is 1. The number of imidazole rings is 1. The van der Waals surface area contributed by atoms with E-state index < -0.39 is 0 Å². The Morgan fingerprint density at radius 1 is 1.50 bits per heavy atom. The molecule has 6 heteroatoms. The summed E-state index contributed by atoms with van der Waals surface area (Å²) in [6.07, 6.45) is 5.28. The van der Waals surface area contributed by atoms with Crippen molar-refractivity contribution in [1.29, 1.82) is 0 Å². The van der Waals surface area contributed by atoms with Gasteiger partial charge in [-0.3, -0.25) is 4.79 Å². The first-order valence-corrected chi connectivity index (χ1v) is 6.50. The predicted octanol–water partition coefficient (Wildman–Crippen LogP) is 1.12. The van der Waals surface area contributed by atoms with Crippen molar-refractivity contribution in [3.63, 3.8) is 0 Å². The van der Waals surface area contributed by atoms with Crippen molar-refractivity contribution in [2.45, 2.75) is 13.0 Å². The first-order chi connectivity index (χ1) is 9.86. The SMILES string of the molecule is CN.O=CNc1ccc2c(c1)N(Cc1cnc[nH]1)CC2. The van der Waals surface area contributed by atoms with E-state index in [4.69, 9.17) is 0 Å². The van der Waals surface area contributed by atoms with Gasteiger partial charge in [-0.1, -0.05) is 6.07 Å². The van der Waals surface area contributed by atoms with Crippen molar-refractivity contribution in [2.24, 2.45) is 5.73 Å². The van der Waals surface area contributed by atoms with Crippen LogP contribution in [0, 0.1) is 0 Å². The van der Waals surface area contributed by atoms with E-state index in [1.807, 2.05) is 18.3 Å². The van der Waals surface area contributed by atoms with Gasteiger partial charge in [0.1, 0.15) is 0 Å². The molecule has 106 valence electrons. The lowest BCUT2D eigenvalue weighted by Gasteiger charge is -2.18. The highest BCUT2D eigenvalue weighted by Gasteiger charge is 2.19. The Kier molecular flexibility index (Phi) is 4.73. The summed E-state index contributed by atoms with van der Waals surface area (Å²) >= 11 is 0. The third kappa shape index (κ3) is 2.97. The molecule has 1 aromatic heterocycles. The van der Waals surface area contributed by atoms with E-state index in [1.54, 1.807) is 6.33 Å². The number of rotatable bonds is 4. The molecule has 0 atom stereocenters. The Morgan fingerprint density at radius 3 is 3.05 bits per heavy atom. The molecule has 0 fully saturated rings. The second-order valence-corrected chi connectivity index (χ2v) is 4.35. The summed E-state index contributed by atoms with van der Waals surface area (Å²) in [6.45, 7) is 1.82. The molecule has 1 aromatic carbocycles. The Bertz CT molecular complexity index is 553. The van der Waals surface area contributed by atoms with E-state index in [0.717, 1.165) is 30.9 Å². The number of fused-ring (bicyclic) bond motifs is 1. The van der Waals surface area contributed by atoms with Crippen molar-refractivity contribution >= 4 is 17.8 Å². The van der Waals surface area contributed by atoms with E-state index in [-0.39, 0.29) is 0 Å². The van der Waals surface area contributed by atoms with Crippen LogP contribution in [-0.2, 0) is 17.8 Å². The summed E-state index contributed by atoms with van der Waals surface area (Å²) in [5.41, 5.74) is 8.94. The van der Waals surface area contributed by atoms with E-state index >= 15 is 0 Å². The Hall–Kier alpha value is -2.34. The molecule has 0 saturated heterocycles. The summed E-state index contributed by atoms with van der Waals surface area (Å²) in [6, 6.07) is 6.04. The van der Waals surface area contributed by atoms with Crippen LogP contribution < -0.4 is 16.0 Å². The minimum Gasteiger partial charge on any atom is -0.365 e. The molecule has 1 amide bonds. The fraction of sp³-hybridized carbons (Fsp3) is 0.286. The summed E-state index contributed by atoms with van der Waals surface area (Å²) < 4.78 is 0. The van der Waals surface area contributed by atoms with Crippen LogP contribution in [0.1, 0.15) is 11.3 Å². The van der Waals surface area contributed by atoms with Gasteiger partial charge in [0, 0.05) is 24.1 Å². The molecular formula is C14H19N5O. The normalized spacial score (nSPS) is 12.4. The number of nitrogens with two attached hydrogens (primary N) is 1. The largest absolute Gasteiger partial charge is 0.365 e. The zero-order valence-corrected chi connectivity index (χ0v) is 11.5. The van der Waals surface area contributed by atoms with Crippen LogP contribution in [0.4, 0.5) is 11.4 Å². The maximum atomic E-state index is 10.5. The number of hydrogen-bond acceptors (Lipinski definition) is 4. The number of H-pyrrole nitrogens is 1. The summed E-state index contributed by atoms with van der Waals surface area (Å²) in [4.78, 5) is 19.9. The molecule has 0 bridgehead atoms. The average Bonchev–Trinajstić information content (AvgIpc) is 3.12. The van der Waals surface area contributed by atoms with Gasteiger partial charge in [-0.2, -0.15) is 0 Å². The first-order valence-electron chi connectivity index (χ1n) is 6.50. The van der Waals surface area contributed by atoms with Gasteiger partial charge in [0.05, 0.1) is 18.6 Å². The predicted molar refractivity (Wildman–Crippen MR) is 79.6 cm³/mol. The molecule has 4 N–H and O–H groups in total. The van der Waals surface area contributed by atoms with Crippen molar-refractivity contribution in [3.05, 3.63) is 42.0 Å². The van der Waals surface area contributed by atoms with Crippen molar-refractivity contribution in [1.82, 2.24) is 9.97 Å². The molecule has 3 rings (SSSR count). The monoisotopic (exact) mass is 273 g/mol. The fourth-order valence-corrected chi connectivity index (χ4v) is 2.34. The second kappa shape index (κ2) is 6.72. The second-order valence-electron chi connectivity index (χ2n) is 4.35. The van der Waals surface area contributed by atoms with Crippen LogP contribution >= 0.6 is 0 Å². The number of amides is 1. The Morgan fingerprint density at radius 2 is 2.35 bits per heavy atom. The number of hydrogen-bond donors (Lipinski definition) is 3. The minimum absolute atomic E-state index is 0.704. The Balaban J connectivity index is 0.000000704. The third-order valence-electron chi connectivity index (χ3n) is 3.22. The number of anilines is 2. The number of nitrogens with zero attached hydrogens (tertiary/aromatic N) is 2. The highest BCUT2D eigenvalue weighted by Crippen LogP contribution is 2.31. The molecule has 0 unspecified atom stereocenters. The maximum absolute atomic E-state index is 10.5. The molecule has 0 aliphatic carbocycles. The molecule has 6 nitrogen and oxygen atoms in total. The maximum Gasteiger partial charge on any atom is 0.211 e. The van der Waals surface area contributed by atoms with Gasteiger partial charge in [0.25, 0.3) is 0 Å². The summed E-state index contributed by atoms with van der Waals surface area (Å²) in [5.74, 6) is 0. The lowest BCUT2D eigenvalue weighted by molar-refractivity contribution is -0.105. The molecule has 2 aromatic rings. The quantitative estimate of drug-likeness (QED) is 0.728. The molecule has 1 aliphatic rings. The number of aromatic nitrogens is 2. The van der Waals surface area contributed by atoms with Crippen molar-refractivity contribution in [2.75, 3.05) is 23.8 Å². The molecule has 0 radical (unpaired) electrons. The van der Waals surface area contributed by atoms with Gasteiger partial charge >= 0.3 is 0 Å². The lowest BCUT2D eigenvalue weighted by atomic mass is 10.1. The van der Waals surface area contributed by atoms with Gasteiger partial charge in [0.2, 0.25) is 6.41 Å². The van der Waals surface area contributed by atoms with Crippen molar-refractivity contribution in [3.8, 4) is 0 Å². The summed E-state index contributed by atoms with van der Waals surface area (Å²) in [5, 5.41) is 2.69. The average molecular weight is 273 g/mol. The van der Waals surface area contributed by atoms with Crippen LogP contribution in [0.15, 0.2) is 30.7 Å². The molecule has 2 heterocycles. The van der Waals surface area contributed by atoms with E-state index in [0.29, 0.717) is 6.41 Å². The van der Waals surface area contributed by atoms with Gasteiger partial charge < -0.3 is 20.9 Å². The van der Waals surface area contributed by atoms with E-state index in [2.05, 4.69) is 32.0 Å².